The number of fused-ring (bicyclic) bond motifs is 1. The number of alkyl halides is 2. The van der Waals surface area contributed by atoms with E-state index in [2.05, 4.69) is 24.8 Å². The van der Waals surface area contributed by atoms with Crippen molar-refractivity contribution in [3.05, 3.63) is 66.5 Å². The molecule has 10 heteroatoms. The molecule has 1 aromatic heterocycles. The van der Waals surface area contributed by atoms with Crippen molar-refractivity contribution >= 4 is 11.9 Å². The van der Waals surface area contributed by atoms with Gasteiger partial charge in [0.05, 0.1) is 11.7 Å². The summed E-state index contributed by atoms with van der Waals surface area (Å²) in [7, 11) is 0. The van der Waals surface area contributed by atoms with Gasteiger partial charge < -0.3 is 19.9 Å². The summed E-state index contributed by atoms with van der Waals surface area (Å²) in [5, 5.41) is 13.1. The number of benzene rings is 2. The van der Waals surface area contributed by atoms with Crippen LogP contribution in [0.4, 0.5) is 19.4 Å². The molecule has 1 amide bonds. The smallest absolute Gasteiger partial charge is 0.465 e. The molecule has 0 spiro atoms. The Labute approximate surface area is 195 Å². The summed E-state index contributed by atoms with van der Waals surface area (Å²) >= 11 is 0. The summed E-state index contributed by atoms with van der Waals surface area (Å²) < 4.78 is 35.6. The Morgan fingerprint density at radius 1 is 1.09 bits per heavy atom. The lowest BCUT2D eigenvalue weighted by Gasteiger charge is -2.40. The van der Waals surface area contributed by atoms with Crippen LogP contribution in [0.25, 0.3) is 11.3 Å². The predicted molar refractivity (Wildman–Crippen MR) is 121 cm³/mol. The van der Waals surface area contributed by atoms with Gasteiger partial charge in [-0.15, -0.1) is 8.78 Å². The minimum Gasteiger partial charge on any atom is -0.465 e. The zero-order valence-corrected chi connectivity index (χ0v) is 18.8. The van der Waals surface area contributed by atoms with Crippen LogP contribution in [0.5, 0.6) is 11.5 Å². The van der Waals surface area contributed by atoms with Gasteiger partial charge in [-0.3, -0.25) is 4.90 Å². The van der Waals surface area contributed by atoms with Crippen LogP contribution in [0.15, 0.2) is 60.9 Å². The summed E-state index contributed by atoms with van der Waals surface area (Å²) in [4.78, 5) is 22.0. The van der Waals surface area contributed by atoms with Gasteiger partial charge in [0.2, 0.25) is 0 Å². The number of rotatable bonds is 6. The number of anilines is 1. The van der Waals surface area contributed by atoms with Crippen molar-refractivity contribution in [2.24, 2.45) is 0 Å². The lowest BCUT2D eigenvalue weighted by molar-refractivity contribution is -0.286. The second kappa shape index (κ2) is 8.77. The molecular weight excluding hydrogens is 446 g/mol. The topological polar surface area (TPSA) is 96.8 Å². The van der Waals surface area contributed by atoms with Crippen LogP contribution >= 0.6 is 0 Å². The minimum absolute atomic E-state index is 0.0530. The highest BCUT2D eigenvalue weighted by Gasteiger charge is 2.43. The van der Waals surface area contributed by atoms with Crippen molar-refractivity contribution in [3.63, 3.8) is 0 Å². The van der Waals surface area contributed by atoms with Gasteiger partial charge in [0.25, 0.3) is 0 Å². The highest BCUT2D eigenvalue weighted by Crippen LogP contribution is 2.42. The number of ether oxygens (including phenoxy) is 2. The zero-order chi connectivity index (χ0) is 24.5. The molecule has 8 nitrogen and oxygen atoms in total. The minimum atomic E-state index is -3.70. The van der Waals surface area contributed by atoms with Crippen LogP contribution in [-0.2, 0) is 0 Å². The normalized spacial score (nSPS) is 15.0. The first-order valence-corrected chi connectivity index (χ1v) is 10.6. The van der Waals surface area contributed by atoms with Gasteiger partial charge in [0.15, 0.2) is 11.5 Å². The van der Waals surface area contributed by atoms with Gasteiger partial charge in [0, 0.05) is 23.7 Å². The molecule has 0 fully saturated rings. The average Bonchev–Trinajstić information content (AvgIpc) is 3.09. The Kier molecular flexibility index (Phi) is 5.99. The third kappa shape index (κ3) is 5.00. The molecule has 2 N–H and O–H groups in total. The molecular formula is C24H24F2N4O4. The maximum Gasteiger partial charge on any atom is 0.586 e. The molecule has 1 aliphatic heterocycles. The molecule has 0 bridgehead atoms. The first-order valence-electron chi connectivity index (χ1n) is 10.6. The molecule has 0 unspecified atom stereocenters. The van der Waals surface area contributed by atoms with Gasteiger partial charge in [-0.1, -0.05) is 30.3 Å². The standard InChI is InChI=1S/C24H24F2N4O4/c1-23(2,3)30(22(31)32)18(15-7-5-4-6-8-15)13-27-21-12-17(28-14-29-21)16-9-10-19-20(11-16)34-24(25,26)33-19/h4-12,14,18H,13H2,1-3H3,(H,31,32)(H,27,28,29)/t18-/m0/s1. The van der Waals surface area contributed by atoms with Gasteiger partial charge in [0.1, 0.15) is 12.1 Å². The van der Waals surface area contributed by atoms with Crippen molar-refractivity contribution in [3.8, 4) is 22.8 Å². The number of hydrogen-bond acceptors (Lipinski definition) is 6. The number of amides is 1. The van der Waals surface area contributed by atoms with Crippen LogP contribution in [0, 0.1) is 0 Å². The molecule has 3 aromatic rings. The Hall–Kier alpha value is -3.95. The first kappa shape index (κ1) is 23.2. The van der Waals surface area contributed by atoms with Crippen LogP contribution in [-0.4, -0.2) is 44.4 Å². The van der Waals surface area contributed by atoms with E-state index in [9.17, 15) is 18.7 Å². The largest absolute Gasteiger partial charge is 0.586 e. The number of nitrogens with zero attached hydrogens (tertiary/aromatic N) is 3. The summed E-state index contributed by atoms with van der Waals surface area (Å²) in [6.07, 6.45) is -3.40. The van der Waals surface area contributed by atoms with Gasteiger partial charge in [-0.2, -0.15) is 0 Å². The molecule has 4 rings (SSSR count). The van der Waals surface area contributed by atoms with Gasteiger partial charge >= 0.3 is 12.4 Å². The van der Waals surface area contributed by atoms with E-state index in [1.54, 1.807) is 12.1 Å². The monoisotopic (exact) mass is 470 g/mol. The molecule has 178 valence electrons. The number of hydrogen-bond donors (Lipinski definition) is 2. The molecule has 0 radical (unpaired) electrons. The maximum absolute atomic E-state index is 13.3. The Morgan fingerprint density at radius 3 is 2.47 bits per heavy atom. The van der Waals surface area contributed by atoms with Crippen LogP contribution in [0.1, 0.15) is 32.4 Å². The fourth-order valence-electron chi connectivity index (χ4n) is 3.84. The molecule has 2 aromatic carbocycles. The highest BCUT2D eigenvalue weighted by molar-refractivity contribution is 5.68. The zero-order valence-electron chi connectivity index (χ0n) is 18.8. The van der Waals surface area contributed by atoms with Crippen molar-refractivity contribution in [2.75, 3.05) is 11.9 Å². The van der Waals surface area contributed by atoms with Gasteiger partial charge in [-0.25, -0.2) is 14.8 Å². The fourth-order valence-corrected chi connectivity index (χ4v) is 3.84. The van der Waals surface area contributed by atoms with Crippen molar-refractivity contribution < 1.29 is 28.2 Å². The van der Waals surface area contributed by atoms with E-state index in [0.717, 1.165) is 5.56 Å². The molecule has 0 saturated carbocycles. The van der Waals surface area contributed by atoms with Crippen LogP contribution < -0.4 is 14.8 Å². The molecule has 34 heavy (non-hydrogen) atoms. The second-order valence-corrected chi connectivity index (χ2v) is 8.75. The van der Waals surface area contributed by atoms with E-state index in [1.807, 2.05) is 51.1 Å². The molecule has 2 heterocycles. The Bertz CT molecular complexity index is 1190. The first-order chi connectivity index (χ1) is 16.0. The quantitative estimate of drug-likeness (QED) is 0.498. The lowest BCUT2D eigenvalue weighted by atomic mass is 9.98. The molecule has 1 aliphatic rings. The van der Waals surface area contributed by atoms with E-state index in [1.165, 1.54) is 23.4 Å². The van der Waals surface area contributed by atoms with Crippen LogP contribution in [0.2, 0.25) is 0 Å². The number of halogens is 2. The number of carbonyl (C=O) groups is 1. The number of aromatic nitrogens is 2. The van der Waals surface area contributed by atoms with Crippen LogP contribution in [0.3, 0.4) is 0 Å². The van der Waals surface area contributed by atoms with E-state index in [4.69, 9.17) is 0 Å². The maximum atomic E-state index is 13.3. The number of carboxylic acid groups (broad SMARTS) is 1. The van der Waals surface area contributed by atoms with E-state index < -0.39 is 24.0 Å². The highest BCUT2D eigenvalue weighted by atomic mass is 19.3. The summed E-state index contributed by atoms with van der Waals surface area (Å²) in [5.74, 6) is 0.318. The van der Waals surface area contributed by atoms with E-state index >= 15 is 0 Å². The second-order valence-electron chi connectivity index (χ2n) is 8.75. The third-order valence-corrected chi connectivity index (χ3v) is 5.27. The van der Waals surface area contributed by atoms with E-state index in [-0.39, 0.29) is 18.0 Å². The predicted octanol–water partition coefficient (Wildman–Crippen LogP) is 5.40. The summed E-state index contributed by atoms with van der Waals surface area (Å²) in [5.41, 5.74) is 1.19. The molecule has 0 saturated heterocycles. The molecule has 0 aliphatic carbocycles. The Balaban J connectivity index is 1.58. The van der Waals surface area contributed by atoms with Gasteiger partial charge in [-0.05, 0) is 44.5 Å². The van der Waals surface area contributed by atoms with E-state index in [0.29, 0.717) is 17.1 Å². The van der Waals surface area contributed by atoms with Crippen molar-refractivity contribution in [1.82, 2.24) is 14.9 Å². The Morgan fingerprint density at radius 2 is 1.79 bits per heavy atom. The summed E-state index contributed by atoms with van der Waals surface area (Å²) in [6, 6.07) is 14.9. The lowest BCUT2D eigenvalue weighted by Crippen LogP contribution is -2.49. The average molecular weight is 470 g/mol. The third-order valence-electron chi connectivity index (χ3n) is 5.27. The van der Waals surface area contributed by atoms with Crippen molar-refractivity contribution in [1.29, 1.82) is 0 Å². The van der Waals surface area contributed by atoms with Crippen molar-refractivity contribution in [2.45, 2.75) is 38.6 Å². The summed E-state index contributed by atoms with van der Waals surface area (Å²) in [6.45, 7) is 5.76. The SMILES string of the molecule is CC(C)(C)N(C(=O)O)[C@@H](CNc1cc(-c2ccc3c(c2)OC(F)(F)O3)ncn1)c1ccccc1. The molecule has 1 atom stereocenters. The number of nitrogens with one attached hydrogen (secondary N) is 1. The fraction of sp³-hybridized carbons (Fsp3) is 0.292.